The van der Waals surface area contributed by atoms with Crippen LogP contribution in [-0.4, -0.2) is 11.2 Å². The molecule has 1 aromatic carbocycles. The number of hydrogen-bond donors (Lipinski definition) is 1. The lowest BCUT2D eigenvalue weighted by Gasteiger charge is -2.32. The molecule has 0 radical (unpaired) electrons. The van der Waals surface area contributed by atoms with Gasteiger partial charge in [0, 0.05) is 5.92 Å². The average Bonchev–Trinajstić information content (AvgIpc) is 2.04. The van der Waals surface area contributed by atoms with E-state index < -0.39 is 0 Å². The lowest BCUT2D eigenvalue weighted by molar-refractivity contribution is 0.0661. The van der Waals surface area contributed by atoms with Gasteiger partial charge in [0.15, 0.2) is 0 Å². The Balaban J connectivity index is 2.17. The molecule has 1 nitrogen and oxygen atoms in total. The SMILES string of the molecule is O[C@@H]1CC[C@H]1c1ccccc1. The van der Waals surface area contributed by atoms with Gasteiger partial charge >= 0.3 is 0 Å². The van der Waals surface area contributed by atoms with Crippen molar-refractivity contribution in [2.24, 2.45) is 0 Å². The summed E-state index contributed by atoms with van der Waals surface area (Å²) in [5.41, 5.74) is 1.28. The van der Waals surface area contributed by atoms with Gasteiger partial charge in [-0.3, -0.25) is 0 Å². The standard InChI is InChI=1S/C10H12O/c11-10-7-6-9(10)8-4-2-1-3-5-8/h1-5,9-11H,6-7H2/t9-,10+/m0/s1. The first-order valence-corrected chi connectivity index (χ1v) is 4.11. The first-order chi connectivity index (χ1) is 5.38. The van der Waals surface area contributed by atoms with Gasteiger partial charge in [-0.1, -0.05) is 30.3 Å². The molecule has 2 atom stereocenters. The Labute approximate surface area is 66.7 Å². The summed E-state index contributed by atoms with van der Waals surface area (Å²) in [6.45, 7) is 0. The third-order valence-corrected chi connectivity index (χ3v) is 2.47. The third kappa shape index (κ3) is 1.16. The summed E-state index contributed by atoms with van der Waals surface area (Å²) in [7, 11) is 0. The summed E-state index contributed by atoms with van der Waals surface area (Å²) in [5.74, 6) is 0.413. The van der Waals surface area contributed by atoms with E-state index in [1.54, 1.807) is 0 Å². The zero-order chi connectivity index (χ0) is 7.68. The molecule has 0 bridgehead atoms. The minimum atomic E-state index is -0.0857. The molecule has 1 N–H and O–H groups in total. The molecule has 1 heteroatoms. The van der Waals surface area contributed by atoms with Gasteiger partial charge in [0.25, 0.3) is 0 Å². The molecule has 2 rings (SSSR count). The van der Waals surface area contributed by atoms with Gasteiger partial charge < -0.3 is 5.11 Å². The highest BCUT2D eigenvalue weighted by molar-refractivity contribution is 5.22. The Morgan fingerprint density at radius 3 is 2.27 bits per heavy atom. The molecule has 11 heavy (non-hydrogen) atoms. The second-order valence-electron chi connectivity index (χ2n) is 3.16. The van der Waals surface area contributed by atoms with Gasteiger partial charge in [0.2, 0.25) is 0 Å². The van der Waals surface area contributed by atoms with Crippen LogP contribution >= 0.6 is 0 Å². The molecule has 58 valence electrons. The maximum Gasteiger partial charge on any atom is 0.0609 e. The predicted octanol–water partition coefficient (Wildman–Crippen LogP) is 1.92. The van der Waals surface area contributed by atoms with Gasteiger partial charge in [-0.15, -0.1) is 0 Å². The van der Waals surface area contributed by atoms with Crippen molar-refractivity contribution in [2.75, 3.05) is 0 Å². The monoisotopic (exact) mass is 148 g/mol. The Bertz CT molecular complexity index is 230. The van der Waals surface area contributed by atoms with E-state index in [-0.39, 0.29) is 6.10 Å². The van der Waals surface area contributed by atoms with Crippen LogP contribution in [0, 0.1) is 0 Å². The molecule has 1 fully saturated rings. The first-order valence-electron chi connectivity index (χ1n) is 4.11. The fraction of sp³-hybridized carbons (Fsp3) is 0.400. The van der Waals surface area contributed by atoms with Crippen LogP contribution in [0.2, 0.25) is 0 Å². The van der Waals surface area contributed by atoms with E-state index in [0.717, 1.165) is 12.8 Å². The van der Waals surface area contributed by atoms with Crippen LogP contribution < -0.4 is 0 Å². The van der Waals surface area contributed by atoms with Crippen LogP contribution in [0.25, 0.3) is 0 Å². The minimum absolute atomic E-state index is 0.0857. The highest BCUT2D eigenvalue weighted by atomic mass is 16.3. The molecular weight excluding hydrogens is 136 g/mol. The Kier molecular flexibility index (Phi) is 1.66. The van der Waals surface area contributed by atoms with Crippen molar-refractivity contribution in [3.8, 4) is 0 Å². The predicted molar refractivity (Wildman–Crippen MR) is 44.4 cm³/mol. The minimum Gasteiger partial charge on any atom is -0.392 e. The van der Waals surface area contributed by atoms with Crippen molar-refractivity contribution in [2.45, 2.75) is 24.9 Å². The van der Waals surface area contributed by atoms with E-state index in [0.29, 0.717) is 5.92 Å². The van der Waals surface area contributed by atoms with Crippen LogP contribution in [0.5, 0.6) is 0 Å². The highest BCUT2D eigenvalue weighted by Crippen LogP contribution is 2.36. The molecule has 0 heterocycles. The maximum absolute atomic E-state index is 9.36. The fourth-order valence-corrected chi connectivity index (χ4v) is 1.57. The van der Waals surface area contributed by atoms with Crippen molar-refractivity contribution in [1.82, 2.24) is 0 Å². The van der Waals surface area contributed by atoms with E-state index in [9.17, 15) is 5.11 Å². The molecule has 0 unspecified atom stereocenters. The van der Waals surface area contributed by atoms with Gasteiger partial charge in [-0.25, -0.2) is 0 Å². The van der Waals surface area contributed by atoms with Crippen LogP contribution in [0.3, 0.4) is 0 Å². The van der Waals surface area contributed by atoms with Crippen molar-refractivity contribution >= 4 is 0 Å². The summed E-state index contributed by atoms with van der Waals surface area (Å²) < 4.78 is 0. The van der Waals surface area contributed by atoms with Crippen molar-refractivity contribution in [3.05, 3.63) is 35.9 Å². The van der Waals surface area contributed by atoms with Gasteiger partial charge in [-0.05, 0) is 18.4 Å². The number of benzene rings is 1. The maximum atomic E-state index is 9.36. The summed E-state index contributed by atoms with van der Waals surface area (Å²) in [6.07, 6.45) is 2.03. The first kappa shape index (κ1) is 6.86. The summed E-state index contributed by atoms with van der Waals surface area (Å²) >= 11 is 0. The Morgan fingerprint density at radius 2 is 1.82 bits per heavy atom. The molecule has 0 aromatic heterocycles. The zero-order valence-corrected chi connectivity index (χ0v) is 6.40. The molecule has 0 amide bonds. The second-order valence-corrected chi connectivity index (χ2v) is 3.16. The molecule has 1 aromatic rings. The average molecular weight is 148 g/mol. The largest absolute Gasteiger partial charge is 0.392 e. The van der Waals surface area contributed by atoms with Crippen LogP contribution in [0.4, 0.5) is 0 Å². The molecule has 1 saturated carbocycles. The van der Waals surface area contributed by atoms with E-state index in [2.05, 4.69) is 12.1 Å². The zero-order valence-electron chi connectivity index (χ0n) is 6.40. The third-order valence-electron chi connectivity index (χ3n) is 2.47. The lowest BCUT2D eigenvalue weighted by atomic mass is 9.77. The van der Waals surface area contributed by atoms with Gasteiger partial charge in [0.1, 0.15) is 0 Å². The van der Waals surface area contributed by atoms with Crippen molar-refractivity contribution in [1.29, 1.82) is 0 Å². The van der Waals surface area contributed by atoms with E-state index >= 15 is 0 Å². The number of hydrogen-bond acceptors (Lipinski definition) is 1. The van der Waals surface area contributed by atoms with Crippen LogP contribution in [0.15, 0.2) is 30.3 Å². The number of rotatable bonds is 1. The molecule has 1 aliphatic rings. The highest BCUT2D eigenvalue weighted by Gasteiger charge is 2.29. The number of aliphatic hydroxyl groups excluding tert-OH is 1. The van der Waals surface area contributed by atoms with Gasteiger partial charge in [-0.2, -0.15) is 0 Å². The van der Waals surface area contributed by atoms with Crippen LogP contribution in [0.1, 0.15) is 24.3 Å². The topological polar surface area (TPSA) is 20.2 Å². The molecular formula is C10H12O. The van der Waals surface area contributed by atoms with Crippen molar-refractivity contribution < 1.29 is 5.11 Å². The summed E-state index contributed by atoms with van der Waals surface area (Å²) in [6, 6.07) is 10.2. The molecule has 0 spiro atoms. The quantitative estimate of drug-likeness (QED) is 0.645. The van der Waals surface area contributed by atoms with E-state index in [1.807, 2.05) is 18.2 Å². The molecule has 0 saturated heterocycles. The lowest BCUT2D eigenvalue weighted by Crippen LogP contribution is -2.28. The normalized spacial score (nSPS) is 29.5. The molecule has 1 aliphatic carbocycles. The fourth-order valence-electron chi connectivity index (χ4n) is 1.57. The van der Waals surface area contributed by atoms with Crippen LogP contribution in [-0.2, 0) is 0 Å². The van der Waals surface area contributed by atoms with E-state index in [1.165, 1.54) is 5.56 Å². The van der Waals surface area contributed by atoms with Gasteiger partial charge in [0.05, 0.1) is 6.10 Å². The summed E-state index contributed by atoms with van der Waals surface area (Å²) in [4.78, 5) is 0. The van der Waals surface area contributed by atoms with E-state index in [4.69, 9.17) is 0 Å². The second kappa shape index (κ2) is 2.67. The molecule has 0 aliphatic heterocycles. The van der Waals surface area contributed by atoms with Crippen molar-refractivity contribution in [3.63, 3.8) is 0 Å². The Hall–Kier alpha value is -0.820. The smallest absolute Gasteiger partial charge is 0.0609 e. The Morgan fingerprint density at radius 1 is 1.09 bits per heavy atom. The number of aliphatic hydroxyl groups is 1. The summed E-state index contributed by atoms with van der Waals surface area (Å²) in [5, 5.41) is 9.36.